The van der Waals surface area contributed by atoms with Crippen molar-refractivity contribution in [3.05, 3.63) is 23.8 Å². The zero-order valence-corrected chi connectivity index (χ0v) is 13.8. The molecule has 0 bridgehead atoms. The highest BCUT2D eigenvalue weighted by atomic mass is 35.5. The van der Waals surface area contributed by atoms with Crippen molar-refractivity contribution in [3.63, 3.8) is 0 Å². The Balaban J connectivity index is 1.85. The maximum atomic E-state index is 11.2. The molecule has 1 aliphatic heterocycles. The largest absolute Gasteiger partial charge is 0.483 e. The Morgan fingerprint density at radius 2 is 2.27 bits per heavy atom. The van der Waals surface area contributed by atoms with Crippen molar-refractivity contribution in [2.45, 2.75) is 38.2 Å². The summed E-state index contributed by atoms with van der Waals surface area (Å²) in [6.07, 6.45) is 0.869. The van der Waals surface area contributed by atoms with Gasteiger partial charge in [-0.1, -0.05) is 24.0 Å². The second-order valence-electron chi connectivity index (χ2n) is 5.76. The maximum Gasteiger partial charge on any atom is 0.238 e. The van der Waals surface area contributed by atoms with Crippen LogP contribution in [0.2, 0.25) is 0 Å². The van der Waals surface area contributed by atoms with E-state index in [2.05, 4.69) is 31.0 Å². The third kappa shape index (κ3) is 4.32. The fourth-order valence-corrected chi connectivity index (χ4v) is 2.28. The van der Waals surface area contributed by atoms with Gasteiger partial charge in [-0.15, -0.1) is 11.6 Å². The van der Waals surface area contributed by atoms with Gasteiger partial charge < -0.3 is 14.8 Å². The van der Waals surface area contributed by atoms with E-state index in [-0.39, 0.29) is 24.7 Å². The monoisotopic (exact) mass is 321 g/mol. The first kappa shape index (κ1) is 16.5. The van der Waals surface area contributed by atoms with Crippen molar-refractivity contribution in [3.8, 4) is 23.3 Å². The molecule has 1 aliphatic rings. The number of nitrogens with one attached hydrogen (secondary N) is 1. The Hall–Kier alpha value is -1.86. The van der Waals surface area contributed by atoms with Gasteiger partial charge in [0.25, 0.3) is 0 Å². The average Bonchev–Trinajstić information content (AvgIpc) is 2.76. The number of fused-ring (bicyclic) bond motifs is 1. The number of alkyl halides is 1. The van der Waals surface area contributed by atoms with Crippen LogP contribution in [0.3, 0.4) is 0 Å². The highest BCUT2D eigenvalue weighted by molar-refractivity contribution is 6.30. The van der Waals surface area contributed by atoms with Crippen LogP contribution in [0.1, 0.15) is 26.3 Å². The number of hydrogen-bond donors (Lipinski definition) is 1. The van der Waals surface area contributed by atoms with Gasteiger partial charge in [-0.3, -0.25) is 4.79 Å². The summed E-state index contributed by atoms with van der Waals surface area (Å²) in [5, 5.41) is 2.06. The molecule has 0 saturated carbocycles. The number of para-hydroxylation sites is 1. The topological polar surface area (TPSA) is 47.6 Å². The summed E-state index contributed by atoms with van der Waals surface area (Å²) in [5.74, 6) is 6.95. The summed E-state index contributed by atoms with van der Waals surface area (Å²) < 4.78 is 11.6. The second kappa shape index (κ2) is 6.93. The van der Waals surface area contributed by atoms with E-state index < -0.39 is 5.38 Å². The van der Waals surface area contributed by atoms with E-state index in [9.17, 15) is 4.79 Å². The minimum Gasteiger partial charge on any atom is -0.483 e. The van der Waals surface area contributed by atoms with Gasteiger partial charge in [0.05, 0.1) is 6.54 Å². The number of carbonyl (C=O) groups is 1. The van der Waals surface area contributed by atoms with Crippen molar-refractivity contribution in [1.82, 2.24) is 5.32 Å². The lowest BCUT2D eigenvalue weighted by molar-refractivity contribution is -0.120. The Morgan fingerprint density at radius 1 is 1.50 bits per heavy atom. The molecule has 0 aliphatic carbocycles. The molecule has 1 heterocycles. The van der Waals surface area contributed by atoms with E-state index in [1.807, 2.05) is 18.2 Å². The molecule has 0 spiro atoms. The number of amides is 1. The average molecular weight is 322 g/mol. The van der Waals surface area contributed by atoms with E-state index in [4.69, 9.17) is 21.1 Å². The molecule has 0 saturated heterocycles. The van der Waals surface area contributed by atoms with E-state index in [0.717, 1.165) is 17.7 Å². The van der Waals surface area contributed by atoms with Gasteiger partial charge in [0.15, 0.2) is 11.5 Å². The van der Waals surface area contributed by atoms with Crippen LogP contribution in [0.15, 0.2) is 18.2 Å². The third-order valence-electron chi connectivity index (χ3n) is 3.19. The van der Waals surface area contributed by atoms with Gasteiger partial charge in [0, 0.05) is 12.0 Å². The molecule has 2 rings (SSSR count). The Morgan fingerprint density at radius 3 is 3.00 bits per heavy atom. The Bertz CT molecular complexity index is 614. The highest BCUT2D eigenvalue weighted by Crippen LogP contribution is 2.41. The molecule has 1 unspecified atom stereocenters. The van der Waals surface area contributed by atoms with Crippen LogP contribution in [0.4, 0.5) is 0 Å². The number of hydrogen-bond acceptors (Lipinski definition) is 3. The zero-order valence-electron chi connectivity index (χ0n) is 13.0. The number of benzene rings is 1. The summed E-state index contributed by atoms with van der Waals surface area (Å²) in [4.78, 5) is 11.2. The Labute approximate surface area is 136 Å². The quantitative estimate of drug-likeness (QED) is 0.685. The molecule has 22 heavy (non-hydrogen) atoms. The molecule has 0 fully saturated rings. The van der Waals surface area contributed by atoms with Crippen LogP contribution < -0.4 is 14.8 Å². The fraction of sp³-hybridized carbons (Fsp3) is 0.471. The van der Waals surface area contributed by atoms with Gasteiger partial charge in [0.2, 0.25) is 5.91 Å². The first-order valence-electron chi connectivity index (χ1n) is 7.20. The standard InChI is InChI=1S/C17H20ClNO3/c1-12(18)16(20)19-9-4-5-10-21-14-8-6-7-13-11-17(2,3)22-15(13)14/h6-8,12H,9-11H2,1-3H3,(H,19,20). The molecule has 4 nitrogen and oxygen atoms in total. The van der Waals surface area contributed by atoms with E-state index in [0.29, 0.717) is 5.75 Å². The lowest BCUT2D eigenvalue weighted by Crippen LogP contribution is -2.29. The third-order valence-corrected chi connectivity index (χ3v) is 3.39. The lowest BCUT2D eigenvalue weighted by Gasteiger charge is -2.17. The van der Waals surface area contributed by atoms with Crippen molar-refractivity contribution in [2.75, 3.05) is 13.2 Å². The molecular weight excluding hydrogens is 302 g/mol. The number of halogens is 1. The highest BCUT2D eigenvalue weighted by Gasteiger charge is 2.32. The molecule has 1 aromatic rings. The molecule has 0 radical (unpaired) electrons. The smallest absolute Gasteiger partial charge is 0.238 e. The van der Waals surface area contributed by atoms with Crippen LogP contribution in [0.5, 0.6) is 11.5 Å². The molecule has 118 valence electrons. The molecule has 5 heteroatoms. The predicted octanol–water partition coefficient (Wildman–Crippen LogP) is 2.53. The van der Waals surface area contributed by atoms with Gasteiger partial charge in [-0.25, -0.2) is 0 Å². The first-order valence-corrected chi connectivity index (χ1v) is 7.64. The second-order valence-corrected chi connectivity index (χ2v) is 6.41. The van der Waals surface area contributed by atoms with Gasteiger partial charge in [-0.2, -0.15) is 0 Å². The predicted molar refractivity (Wildman–Crippen MR) is 86.4 cm³/mol. The number of rotatable bonds is 4. The van der Waals surface area contributed by atoms with Crippen molar-refractivity contribution >= 4 is 17.5 Å². The summed E-state index contributed by atoms with van der Waals surface area (Å²) in [7, 11) is 0. The van der Waals surface area contributed by atoms with E-state index in [1.54, 1.807) is 6.92 Å². The van der Waals surface area contributed by atoms with Crippen LogP contribution in [0, 0.1) is 11.8 Å². The number of ether oxygens (including phenoxy) is 2. The SMILES string of the molecule is CC(Cl)C(=O)NCC#CCOc1cccc2c1OC(C)(C)C2. The van der Waals surface area contributed by atoms with Crippen LogP contribution in [-0.4, -0.2) is 30.0 Å². The van der Waals surface area contributed by atoms with Crippen molar-refractivity contribution in [2.24, 2.45) is 0 Å². The van der Waals surface area contributed by atoms with Crippen molar-refractivity contribution < 1.29 is 14.3 Å². The van der Waals surface area contributed by atoms with Crippen molar-refractivity contribution in [1.29, 1.82) is 0 Å². The molecule has 1 aromatic carbocycles. The van der Waals surface area contributed by atoms with E-state index >= 15 is 0 Å². The van der Waals surface area contributed by atoms with Crippen LogP contribution in [0.25, 0.3) is 0 Å². The molecule has 0 aromatic heterocycles. The first-order chi connectivity index (χ1) is 10.4. The summed E-state index contributed by atoms with van der Waals surface area (Å²) >= 11 is 5.63. The summed E-state index contributed by atoms with van der Waals surface area (Å²) in [6.45, 7) is 6.22. The molecule has 1 atom stereocenters. The maximum absolute atomic E-state index is 11.2. The molecule has 1 amide bonds. The minimum atomic E-state index is -0.551. The zero-order chi connectivity index (χ0) is 16.2. The van der Waals surface area contributed by atoms with Crippen LogP contribution >= 0.6 is 11.6 Å². The van der Waals surface area contributed by atoms with E-state index in [1.165, 1.54) is 0 Å². The minimum absolute atomic E-state index is 0.198. The normalized spacial score (nSPS) is 15.8. The van der Waals surface area contributed by atoms with Gasteiger partial charge >= 0.3 is 0 Å². The lowest BCUT2D eigenvalue weighted by atomic mass is 10.0. The summed E-state index contributed by atoms with van der Waals surface area (Å²) in [5.41, 5.74) is 0.953. The molecular formula is C17H20ClNO3. The summed E-state index contributed by atoms with van der Waals surface area (Å²) in [6, 6.07) is 5.87. The fourth-order valence-electron chi connectivity index (χ4n) is 2.20. The van der Waals surface area contributed by atoms with Crippen LogP contribution in [-0.2, 0) is 11.2 Å². The van der Waals surface area contributed by atoms with Gasteiger partial charge in [-0.05, 0) is 26.8 Å². The number of carbonyl (C=O) groups excluding carboxylic acids is 1. The Kier molecular flexibility index (Phi) is 5.20. The molecule has 1 N–H and O–H groups in total. The van der Waals surface area contributed by atoms with Gasteiger partial charge in [0.1, 0.15) is 17.6 Å².